The smallest absolute Gasteiger partial charge is 0.271 e. The van der Waals surface area contributed by atoms with Crippen molar-refractivity contribution < 1.29 is 9.53 Å². The zero-order valence-electron chi connectivity index (χ0n) is 11.5. The van der Waals surface area contributed by atoms with Gasteiger partial charge in [-0.05, 0) is 49.8 Å². The third kappa shape index (κ3) is 3.81. The summed E-state index contributed by atoms with van der Waals surface area (Å²) in [6.07, 6.45) is 4.29. The van der Waals surface area contributed by atoms with Crippen molar-refractivity contribution in [3.8, 4) is 5.75 Å². The lowest BCUT2D eigenvalue weighted by molar-refractivity contribution is 0.0954. The molecule has 0 aromatic heterocycles. The third-order valence-corrected chi connectivity index (χ3v) is 3.50. The molecule has 19 heavy (non-hydrogen) atoms. The summed E-state index contributed by atoms with van der Waals surface area (Å²) >= 11 is 0. The summed E-state index contributed by atoms with van der Waals surface area (Å²) < 4.78 is 5.10. The van der Waals surface area contributed by atoms with Gasteiger partial charge in [-0.1, -0.05) is 13.0 Å². The standard InChI is InChI=1S/C15H20N2O2/c1-11-6-8-13(9-7-11)16-17-15(18)12-4-3-5-14(10-12)19-2/h3-5,10-11H,6-9H2,1-2H3,(H,17,18). The largest absolute Gasteiger partial charge is 0.497 e. The molecule has 4 heteroatoms. The molecule has 1 aromatic carbocycles. The van der Waals surface area contributed by atoms with Crippen molar-refractivity contribution in [2.45, 2.75) is 32.6 Å². The number of methoxy groups -OCH3 is 1. The van der Waals surface area contributed by atoms with Crippen LogP contribution in [0, 0.1) is 5.92 Å². The number of nitrogens with zero attached hydrogens (tertiary/aromatic N) is 1. The molecule has 0 radical (unpaired) electrons. The van der Waals surface area contributed by atoms with Gasteiger partial charge in [-0.3, -0.25) is 4.79 Å². The molecular formula is C15H20N2O2. The fourth-order valence-electron chi connectivity index (χ4n) is 2.17. The Kier molecular flexibility index (Phi) is 4.55. The van der Waals surface area contributed by atoms with E-state index in [1.54, 1.807) is 25.3 Å². The third-order valence-electron chi connectivity index (χ3n) is 3.50. The first-order valence-electron chi connectivity index (χ1n) is 6.69. The molecule has 0 bridgehead atoms. The summed E-state index contributed by atoms with van der Waals surface area (Å²) in [4.78, 5) is 11.9. The van der Waals surface area contributed by atoms with Crippen molar-refractivity contribution in [3.05, 3.63) is 29.8 Å². The molecular weight excluding hydrogens is 240 g/mol. The molecule has 1 aliphatic rings. The van der Waals surface area contributed by atoms with Gasteiger partial charge in [0.15, 0.2) is 0 Å². The van der Waals surface area contributed by atoms with E-state index < -0.39 is 0 Å². The van der Waals surface area contributed by atoms with Crippen molar-refractivity contribution >= 4 is 11.6 Å². The molecule has 1 fully saturated rings. The molecule has 0 atom stereocenters. The number of carbonyl (C=O) groups excluding carboxylic acids is 1. The number of hydrazone groups is 1. The fourth-order valence-corrected chi connectivity index (χ4v) is 2.17. The number of amides is 1. The predicted octanol–water partition coefficient (Wildman–Crippen LogP) is 2.99. The Morgan fingerprint density at radius 2 is 2.11 bits per heavy atom. The zero-order chi connectivity index (χ0) is 13.7. The lowest BCUT2D eigenvalue weighted by atomic mass is 9.90. The summed E-state index contributed by atoms with van der Waals surface area (Å²) in [5.41, 5.74) is 4.28. The molecule has 0 aliphatic heterocycles. The van der Waals surface area contributed by atoms with Crippen molar-refractivity contribution in [2.24, 2.45) is 11.0 Å². The van der Waals surface area contributed by atoms with Gasteiger partial charge in [-0.25, -0.2) is 5.43 Å². The number of nitrogens with one attached hydrogen (secondary N) is 1. The Labute approximate surface area is 113 Å². The van der Waals surface area contributed by atoms with Crippen LogP contribution < -0.4 is 10.2 Å². The minimum absolute atomic E-state index is 0.190. The molecule has 1 saturated carbocycles. The number of benzene rings is 1. The van der Waals surface area contributed by atoms with Gasteiger partial charge in [0.05, 0.1) is 7.11 Å². The number of rotatable bonds is 3. The van der Waals surface area contributed by atoms with Gasteiger partial charge >= 0.3 is 0 Å². The summed E-state index contributed by atoms with van der Waals surface area (Å²) in [5, 5.41) is 4.23. The van der Waals surface area contributed by atoms with Crippen LogP contribution in [0.15, 0.2) is 29.4 Å². The van der Waals surface area contributed by atoms with Gasteiger partial charge < -0.3 is 4.74 Å². The second kappa shape index (κ2) is 6.36. The lowest BCUT2D eigenvalue weighted by Gasteiger charge is -2.18. The number of carbonyl (C=O) groups is 1. The highest BCUT2D eigenvalue weighted by Gasteiger charge is 2.14. The highest BCUT2D eigenvalue weighted by atomic mass is 16.5. The maximum Gasteiger partial charge on any atom is 0.271 e. The number of hydrogen-bond donors (Lipinski definition) is 1. The molecule has 0 saturated heterocycles. The van der Waals surface area contributed by atoms with Crippen molar-refractivity contribution in [2.75, 3.05) is 7.11 Å². The summed E-state index contributed by atoms with van der Waals surface area (Å²) in [6.45, 7) is 2.26. The first kappa shape index (κ1) is 13.6. The van der Waals surface area contributed by atoms with Crippen LogP contribution in [0.5, 0.6) is 5.75 Å². The van der Waals surface area contributed by atoms with Crippen molar-refractivity contribution in [1.29, 1.82) is 0 Å². The first-order valence-corrected chi connectivity index (χ1v) is 6.69. The van der Waals surface area contributed by atoms with E-state index in [1.165, 1.54) is 0 Å². The SMILES string of the molecule is COc1cccc(C(=O)NN=C2CCC(C)CC2)c1. The van der Waals surface area contributed by atoms with Crippen LogP contribution in [0.3, 0.4) is 0 Å². The maximum atomic E-state index is 11.9. The topological polar surface area (TPSA) is 50.7 Å². The fraction of sp³-hybridized carbons (Fsp3) is 0.467. The van der Waals surface area contributed by atoms with Crippen molar-refractivity contribution in [3.63, 3.8) is 0 Å². The van der Waals surface area contributed by atoms with Crippen LogP contribution in [-0.2, 0) is 0 Å². The average Bonchev–Trinajstić information content (AvgIpc) is 2.46. The molecule has 4 nitrogen and oxygen atoms in total. The van der Waals surface area contributed by atoms with Crippen LogP contribution in [-0.4, -0.2) is 18.7 Å². The lowest BCUT2D eigenvalue weighted by Crippen LogP contribution is -2.21. The Morgan fingerprint density at radius 3 is 2.79 bits per heavy atom. The van der Waals surface area contributed by atoms with Gasteiger partial charge in [0, 0.05) is 11.3 Å². The highest BCUT2D eigenvalue weighted by molar-refractivity contribution is 5.95. The van der Waals surface area contributed by atoms with E-state index in [0.29, 0.717) is 11.3 Å². The molecule has 0 spiro atoms. The predicted molar refractivity (Wildman–Crippen MR) is 75.5 cm³/mol. The molecule has 1 N–H and O–H groups in total. The maximum absolute atomic E-state index is 11.9. The monoisotopic (exact) mass is 260 g/mol. The van der Waals surface area contributed by atoms with E-state index in [9.17, 15) is 4.79 Å². The van der Waals surface area contributed by atoms with Crippen molar-refractivity contribution in [1.82, 2.24) is 5.43 Å². The summed E-state index contributed by atoms with van der Waals surface area (Å²) in [6, 6.07) is 7.06. The second-order valence-corrected chi connectivity index (χ2v) is 5.03. The van der Waals surface area contributed by atoms with E-state index in [0.717, 1.165) is 37.3 Å². The van der Waals surface area contributed by atoms with Crippen LogP contribution in [0.1, 0.15) is 43.0 Å². The normalized spacial score (nSPS) is 18.8. The van der Waals surface area contributed by atoms with Gasteiger partial charge in [0.2, 0.25) is 0 Å². The number of hydrogen-bond acceptors (Lipinski definition) is 3. The zero-order valence-corrected chi connectivity index (χ0v) is 11.5. The summed E-state index contributed by atoms with van der Waals surface area (Å²) in [7, 11) is 1.58. The molecule has 1 aromatic rings. The first-order chi connectivity index (χ1) is 9.19. The quantitative estimate of drug-likeness (QED) is 0.849. The van der Waals surface area contributed by atoms with Gasteiger partial charge in [0.1, 0.15) is 5.75 Å². The van der Waals surface area contributed by atoms with E-state index in [-0.39, 0.29) is 5.91 Å². The number of ether oxygens (including phenoxy) is 1. The van der Waals surface area contributed by atoms with Gasteiger partial charge in [-0.2, -0.15) is 5.10 Å². The minimum Gasteiger partial charge on any atom is -0.497 e. The van der Waals surface area contributed by atoms with Crippen LogP contribution in [0.25, 0.3) is 0 Å². The Morgan fingerprint density at radius 1 is 1.37 bits per heavy atom. The molecule has 102 valence electrons. The second-order valence-electron chi connectivity index (χ2n) is 5.03. The minimum atomic E-state index is -0.190. The Bertz CT molecular complexity index is 473. The summed E-state index contributed by atoms with van der Waals surface area (Å²) in [5.74, 6) is 1.25. The molecule has 0 unspecified atom stereocenters. The van der Waals surface area contributed by atoms with Gasteiger partial charge in [-0.15, -0.1) is 0 Å². The van der Waals surface area contributed by atoms with Gasteiger partial charge in [0.25, 0.3) is 5.91 Å². The Balaban J connectivity index is 1.95. The van der Waals surface area contributed by atoms with E-state index in [1.807, 2.05) is 6.07 Å². The average molecular weight is 260 g/mol. The van der Waals surface area contributed by atoms with Crippen LogP contribution >= 0.6 is 0 Å². The molecule has 0 heterocycles. The highest BCUT2D eigenvalue weighted by Crippen LogP contribution is 2.21. The van der Waals surface area contributed by atoms with Crippen LogP contribution in [0.4, 0.5) is 0 Å². The van der Waals surface area contributed by atoms with E-state index in [2.05, 4.69) is 17.5 Å². The van der Waals surface area contributed by atoms with E-state index >= 15 is 0 Å². The Hall–Kier alpha value is -1.84. The molecule has 1 aliphatic carbocycles. The van der Waals surface area contributed by atoms with E-state index in [4.69, 9.17) is 4.74 Å². The van der Waals surface area contributed by atoms with Crippen LogP contribution in [0.2, 0.25) is 0 Å². The molecule has 1 amide bonds. The molecule has 2 rings (SSSR count).